The second kappa shape index (κ2) is 9.03. The fourth-order valence-electron chi connectivity index (χ4n) is 3.94. The molecule has 2 amide bonds. The normalized spacial score (nSPS) is 19.8. The lowest BCUT2D eigenvalue weighted by molar-refractivity contribution is -0.129. The number of amides is 2. The van der Waals surface area contributed by atoms with E-state index in [1.165, 1.54) is 22.6 Å². The van der Waals surface area contributed by atoms with Gasteiger partial charge in [-0.1, -0.05) is 6.42 Å². The van der Waals surface area contributed by atoms with Crippen molar-refractivity contribution in [2.45, 2.75) is 52.1 Å². The molecule has 1 fully saturated rings. The van der Waals surface area contributed by atoms with Crippen LogP contribution in [0.15, 0.2) is 0 Å². The second-order valence-corrected chi connectivity index (χ2v) is 10.5. The number of rotatable bonds is 5. The predicted octanol–water partition coefficient (Wildman–Crippen LogP) is 1.58. The number of sulfonamides is 1. The van der Waals surface area contributed by atoms with Crippen molar-refractivity contribution in [2.75, 3.05) is 31.3 Å². The smallest absolute Gasteiger partial charge is 0.341 e. The SMILES string of the molecule is CCOC(=O)c1c(NC(=O)C2CCCCN2S(C)(=O)=O)sc2c1CCN(C(C)=O)C2. The fraction of sp³-hybridized carbons (Fsp3) is 0.632. The molecule has 1 saturated heterocycles. The van der Waals surface area contributed by atoms with Crippen molar-refractivity contribution in [3.63, 3.8) is 0 Å². The van der Waals surface area contributed by atoms with E-state index in [-0.39, 0.29) is 12.5 Å². The highest BCUT2D eigenvalue weighted by Gasteiger charge is 2.36. The number of hydrogen-bond donors (Lipinski definition) is 1. The van der Waals surface area contributed by atoms with Gasteiger partial charge in [0.05, 0.1) is 25.0 Å². The molecule has 3 rings (SSSR count). The molecule has 2 aliphatic heterocycles. The molecule has 30 heavy (non-hydrogen) atoms. The molecule has 1 aromatic heterocycles. The van der Waals surface area contributed by atoms with E-state index in [0.29, 0.717) is 49.5 Å². The molecular formula is C19H27N3O6S2. The van der Waals surface area contributed by atoms with Crippen LogP contribution in [0.3, 0.4) is 0 Å². The number of hydrogen-bond acceptors (Lipinski definition) is 7. The average molecular weight is 458 g/mol. The Morgan fingerprint density at radius 3 is 2.60 bits per heavy atom. The first-order chi connectivity index (χ1) is 14.1. The molecule has 166 valence electrons. The third-order valence-corrected chi connectivity index (χ3v) is 7.82. The molecule has 9 nitrogen and oxygen atoms in total. The van der Waals surface area contributed by atoms with E-state index in [4.69, 9.17) is 4.74 Å². The van der Waals surface area contributed by atoms with E-state index in [1.807, 2.05) is 0 Å². The minimum absolute atomic E-state index is 0.0525. The number of ether oxygens (including phenoxy) is 1. The summed E-state index contributed by atoms with van der Waals surface area (Å²) >= 11 is 1.24. The number of thiophene rings is 1. The molecule has 0 spiro atoms. The largest absolute Gasteiger partial charge is 0.462 e. The molecule has 0 saturated carbocycles. The van der Waals surface area contributed by atoms with Crippen LogP contribution in [-0.4, -0.2) is 67.4 Å². The minimum atomic E-state index is -3.53. The summed E-state index contributed by atoms with van der Waals surface area (Å²) < 4.78 is 30.6. The topological polar surface area (TPSA) is 113 Å². The Labute approximate surface area is 180 Å². The predicted molar refractivity (Wildman–Crippen MR) is 113 cm³/mol. The Morgan fingerprint density at radius 2 is 1.97 bits per heavy atom. The zero-order chi connectivity index (χ0) is 22.1. The van der Waals surface area contributed by atoms with Crippen molar-refractivity contribution in [1.29, 1.82) is 0 Å². The molecule has 0 aliphatic carbocycles. The van der Waals surface area contributed by atoms with E-state index in [1.54, 1.807) is 11.8 Å². The van der Waals surface area contributed by atoms with Crippen LogP contribution in [0, 0.1) is 0 Å². The average Bonchev–Trinajstić information content (AvgIpc) is 3.04. The van der Waals surface area contributed by atoms with Crippen molar-refractivity contribution >= 4 is 44.1 Å². The number of piperidine rings is 1. The van der Waals surface area contributed by atoms with Gasteiger partial charge < -0.3 is 15.0 Å². The van der Waals surface area contributed by atoms with Gasteiger partial charge in [-0.2, -0.15) is 4.31 Å². The summed E-state index contributed by atoms with van der Waals surface area (Å²) in [6, 6.07) is -0.809. The highest BCUT2D eigenvalue weighted by molar-refractivity contribution is 7.88. The lowest BCUT2D eigenvalue weighted by Gasteiger charge is -2.32. The molecule has 1 atom stereocenters. The Morgan fingerprint density at radius 1 is 1.23 bits per heavy atom. The fourth-order valence-corrected chi connectivity index (χ4v) is 6.32. The van der Waals surface area contributed by atoms with Crippen LogP contribution in [0.4, 0.5) is 5.00 Å². The minimum Gasteiger partial charge on any atom is -0.462 e. The molecule has 3 heterocycles. The van der Waals surface area contributed by atoms with E-state index < -0.39 is 27.9 Å². The van der Waals surface area contributed by atoms with Crippen LogP contribution in [-0.2, 0) is 37.3 Å². The maximum Gasteiger partial charge on any atom is 0.341 e. The van der Waals surface area contributed by atoms with Crippen molar-refractivity contribution in [1.82, 2.24) is 9.21 Å². The highest BCUT2D eigenvalue weighted by Crippen LogP contribution is 2.38. The monoisotopic (exact) mass is 457 g/mol. The summed E-state index contributed by atoms with van der Waals surface area (Å²) in [7, 11) is -3.53. The zero-order valence-corrected chi connectivity index (χ0v) is 19.0. The van der Waals surface area contributed by atoms with Gasteiger partial charge in [0.2, 0.25) is 21.8 Å². The number of carbonyl (C=O) groups is 3. The van der Waals surface area contributed by atoms with Crippen molar-refractivity contribution in [2.24, 2.45) is 0 Å². The first-order valence-electron chi connectivity index (χ1n) is 9.98. The third kappa shape index (κ3) is 4.68. The van der Waals surface area contributed by atoms with E-state index in [2.05, 4.69) is 5.32 Å². The zero-order valence-electron chi connectivity index (χ0n) is 17.4. The maximum atomic E-state index is 13.0. The van der Waals surface area contributed by atoms with Gasteiger partial charge in [0.1, 0.15) is 11.0 Å². The second-order valence-electron chi connectivity index (χ2n) is 7.49. The van der Waals surface area contributed by atoms with Crippen LogP contribution in [0.1, 0.15) is 53.9 Å². The lowest BCUT2D eigenvalue weighted by Crippen LogP contribution is -2.49. The van der Waals surface area contributed by atoms with Crippen molar-refractivity contribution < 1.29 is 27.5 Å². The van der Waals surface area contributed by atoms with Crippen LogP contribution < -0.4 is 5.32 Å². The number of nitrogens with one attached hydrogen (secondary N) is 1. The van der Waals surface area contributed by atoms with Gasteiger partial charge in [-0.3, -0.25) is 9.59 Å². The summed E-state index contributed by atoms with van der Waals surface area (Å²) in [5.74, 6) is -1.03. The van der Waals surface area contributed by atoms with E-state index in [9.17, 15) is 22.8 Å². The van der Waals surface area contributed by atoms with Gasteiger partial charge in [0.25, 0.3) is 0 Å². The molecule has 0 radical (unpaired) electrons. The third-order valence-electron chi connectivity index (χ3n) is 5.40. The van der Waals surface area contributed by atoms with Gasteiger partial charge >= 0.3 is 5.97 Å². The van der Waals surface area contributed by atoms with Gasteiger partial charge in [-0.25, -0.2) is 13.2 Å². The number of carbonyl (C=O) groups excluding carboxylic acids is 3. The summed E-state index contributed by atoms with van der Waals surface area (Å²) in [5, 5.41) is 3.15. The van der Waals surface area contributed by atoms with E-state index >= 15 is 0 Å². The number of nitrogens with zero attached hydrogens (tertiary/aromatic N) is 2. The summed E-state index contributed by atoms with van der Waals surface area (Å²) in [6.45, 7) is 4.56. The Bertz CT molecular complexity index is 956. The quantitative estimate of drug-likeness (QED) is 0.672. The first-order valence-corrected chi connectivity index (χ1v) is 12.6. The Balaban J connectivity index is 1.92. The van der Waals surface area contributed by atoms with Crippen molar-refractivity contribution in [3.8, 4) is 0 Å². The molecule has 2 aliphatic rings. The molecule has 0 bridgehead atoms. The standard InChI is InChI=1S/C19H27N3O6S2/c1-4-28-19(25)16-13-8-10-21(12(2)23)11-15(13)29-18(16)20-17(24)14-7-5-6-9-22(14)30(3,26)27/h14H,4-11H2,1-3H3,(H,20,24). The first kappa shape index (κ1) is 22.7. The molecular weight excluding hydrogens is 430 g/mol. The number of esters is 1. The van der Waals surface area contributed by atoms with Crippen LogP contribution in [0.25, 0.3) is 0 Å². The molecule has 1 aromatic rings. The Hall–Kier alpha value is -1.98. The van der Waals surface area contributed by atoms with Crippen LogP contribution in [0.5, 0.6) is 0 Å². The van der Waals surface area contributed by atoms with Crippen LogP contribution >= 0.6 is 11.3 Å². The summed E-state index contributed by atoms with van der Waals surface area (Å²) in [5.41, 5.74) is 1.10. The molecule has 11 heteroatoms. The van der Waals surface area contributed by atoms with Crippen LogP contribution in [0.2, 0.25) is 0 Å². The summed E-state index contributed by atoms with van der Waals surface area (Å²) in [6.07, 6.45) is 3.48. The van der Waals surface area contributed by atoms with Gasteiger partial charge in [0, 0.05) is 24.9 Å². The molecule has 1 N–H and O–H groups in total. The van der Waals surface area contributed by atoms with E-state index in [0.717, 1.165) is 23.1 Å². The van der Waals surface area contributed by atoms with Gasteiger partial charge in [0.15, 0.2) is 0 Å². The Kier molecular flexibility index (Phi) is 6.83. The van der Waals surface area contributed by atoms with Crippen molar-refractivity contribution in [3.05, 3.63) is 16.0 Å². The molecule has 1 unspecified atom stereocenters. The maximum absolute atomic E-state index is 13.0. The lowest BCUT2D eigenvalue weighted by atomic mass is 10.0. The van der Waals surface area contributed by atoms with Gasteiger partial charge in [-0.05, 0) is 31.7 Å². The van der Waals surface area contributed by atoms with Gasteiger partial charge in [-0.15, -0.1) is 11.3 Å². The number of anilines is 1. The number of fused-ring (bicyclic) bond motifs is 1. The highest BCUT2D eigenvalue weighted by atomic mass is 32.2. The summed E-state index contributed by atoms with van der Waals surface area (Å²) in [4.78, 5) is 39.9. The molecule has 0 aromatic carbocycles.